The van der Waals surface area contributed by atoms with E-state index in [9.17, 15) is 4.79 Å². The third-order valence-electron chi connectivity index (χ3n) is 3.11. The number of hydrogen-bond donors (Lipinski definition) is 0. The molecule has 0 bridgehead atoms. The largest absolute Gasteiger partial charge is 0.294 e. The summed E-state index contributed by atoms with van der Waals surface area (Å²) in [6.07, 6.45) is 4.59. The quantitative estimate of drug-likeness (QED) is 0.663. The molecule has 3 rings (SSSR count). The highest BCUT2D eigenvalue weighted by molar-refractivity contribution is 6.02. The zero-order valence-corrected chi connectivity index (χ0v) is 9.39. The molecule has 17 heavy (non-hydrogen) atoms. The monoisotopic (exact) mass is 220 g/mol. The zero-order chi connectivity index (χ0) is 11.7. The molecule has 0 amide bonds. The Balaban J connectivity index is 2.19. The topological polar surface area (TPSA) is 17.1 Å². The van der Waals surface area contributed by atoms with Gasteiger partial charge in [0.2, 0.25) is 0 Å². The molecule has 0 aromatic heterocycles. The van der Waals surface area contributed by atoms with Crippen LogP contribution in [-0.4, -0.2) is 5.78 Å². The van der Waals surface area contributed by atoms with E-state index in [-0.39, 0.29) is 5.78 Å². The summed E-state index contributed by atoms with van der Waals surface area (Å²) >= 11 is 0. The first-order valence-electron chi connectivity index (χ1n) is 5.73. The Hall–Kier alpha value is -2.15. The van der Waals surface area contributed by atoms with Crippen LogP contribution in [0.25, 0.3) is 12.2 Å². The van der Waals surface area contributed by atoms with Gasteiger partial charge in [-0.2, -0.15) is 0 Å². The highest BCUT2D eigenvalue weighted by Gasteiger charge is 2.13. The predicted octanol–water partition coefficient (Wildman–Crippen LogP) is 3.60. The van der Waals surface area contributed by atoms with Crippen molar-refractivity contribution < 1.29 is 4.79 Å². The Bertz CT molecular complexity index is 608. The van der Waals surface area contributed by atoms with Crippen LogP contribution in [0.5, 0.6) is 0 Å². The van der Waals surface area contributed by atoms with Crippen LogP contribution in [0.15, 0.2) is 48.5 Å². The van der Waals surface area contributed by atoms with E-state index in [2.05, 4.69) is 6.08 Å². The minimum absolute atomic E-state index is 0.192. The van der Waals surface area contributed by atoms with Crippen LogP contribution in [-0.2, 0) is 6.42 Å². The molecule has 0 aliphatic heterocycles. The molecule has 1 heteroatoms. The summed E-state index contributed by atoms with van der Waals surface area (Å²) in [6, 6.07) is 15.8. The van der Waals surface area contributed by atoms with Gasteiger partial charge in [-0.1, -0.05) is 60.7 Å². The molecule has 82 valence electrons. The molecule has 0 atom stereocenters. The number of rotatable bonds is 0. The molecule has 0 heterocycles. The molecule has 0 saturated carbocycles. The van der Waals surface area contributed by atoms with Gasteiger partial charge in [-0.15, -0.1) is 0 Å². The Morgan fingerprint density at radius 1 is 0.765 bits per heavy atom. The lowest BCUT2D eigenvalue weighted by molar-refractivity contribution is 0.0992. The van der Waals surface area contributed by atoms with E-state index < -0.39 is 0 Å². The second kappa shape index (κ2) is 4.02. The Kier molecular flexibility index (Phi) is 2.37. The van der Waals surface area contributed by atoms with Crippen LogP contribution in [0, 0.1) is 0 Å². The van der Waals surface area contributed by atoms with Gasteiger partial charge in [0.1, 0.15) is 0 Å². The van der Waals surface area contributed by atoms with Crippen molar-refractivity contribution in [2.24, 2.45) is 0 Å². The summed E-state index contributed by atoms with van der Waals surface area (Å²) in [5.74, 6) is 0.192. The molecule has 0 N–H and O–H groups in total. The number of fused-ring (bicyclic) bond motifs is 2. The number of ketones is 1. The van der Waals surface area contributed by atoms with Gasteiger partial charge in [-0.3, -0.25) is 4.79 Å². The summed E-state index contributed by atoms with van der Waals surface area (Å²) in [5, 5.41) is 0. The molecule has 1 aliphatic carbocycles. The number of hydrogen-bond acceptors (Lipinski definition) is 1. The molecular weight excluding hydrogens is 208 g/mol. The maximum absolute atomic E-state index is 12.2. The third kappa shape index (κ3) is 1.80. The third-order valence-corrected chi connectivity index (χ3v) is 3.11. The number of carbonyl (C=O) groups excluding carboxylic acids is 1. The summed E-state index contributed by atoms with van der Waals surface area (Å²) in [5.41, 5.74) is 4.06. The smallest absolute Gasteiger partial charge is 0.167 e. The average molecular weight is 220 g/mol. The fraction of sp³-hybridized carbons (Fsp3) is 0.0625. The van der Waals surface area contributed by atoms with Crippen molar-refractivity contribution in [2.75, 3.05) is 0 Å². The molecule has 0 unspecified atom stereocenters. The van der Waals surface area contributed by atoms with Crippen LogP contribution in [0.2, 0.25) is 0 Å². The highest BCUT2D eigenvalue weighted by atomic mass is 16.1. The summed E-state index contributed by atoms with van der Waals surface area (Å²) < 4.78 is 0. The minimum Gasteiger partial charge on any atom is -0.294 e. The van der Waals surface area contributed by atoms with E-state index in [1.54, 1.807) is 0 Å². The van der Waals surface area contributed by atoms with E-state index in [4.69, 9.17) is 0 Å². The van der Waals surface area contributed by atoms with E-state index >= 15 is 0 Å². The van der Waals surface area contributed by atoms with Crippen LogP contribution < -0.4 is 0 Å². The molecule has 0 saturated heterocycles. The first kappa shape index (κ1) is 10.0. The Morgan fingerprint density at radius 3 is 2.29 bits per heavy atom. The summed E-state index contributed by atoms with van der Waals surface area (Å²) in [6.45, 7) is 0. The van der Waals surface area contributed by atoms with Crippen molar-refractivity contribution in [1.29, 1.82) is 0 Å². The molecule has 1 nitrogen and oxygen atoms in total. The molecule has 2 aromatic rings. The highest BCUT2D eigenvalue weighted by Crippen LogP contribution is 2.21. The van der Waals surface area contributed by atoms with Gasteiger partial charge in [0.05, 0.1) is 0 Å². The standard InChI is InChI=1S/C16H12O/c17-16-11-14-7-2-1-5-12(14)9-10-13-6-3-4-8-15(13)16/h1-10H,11H2. The lowest BCUT2D eigenvalue weighted by atomic mass is 9.92. The molecular formula is C16H12O. The number of benzene rings is 2. The Labute approximate surface area is 100 Å². The zero-order valence-electron chi connectivity index (χ0n) is 9.39. The first-order chi connectivity index (χ1) is 8.34. The van der Waals surface area contributed by atoms with Gasteiger partial charge in [-0.25, -0.2) is 0 Å². The van der Waals surface area contributed by atoms with Crippen LogP contribution in [0.4, 0.5) is 0 Å². The van der Waals surface area contributed by atoms with Gasteiger partial charge >= 0.3 is 0 Å². The molecule has 1 aliphatic rings. The Morgan fingerprint density at radius 2 is 1.41 bits per heavy atom. The average Bonchev–Trinajstić information content (AvgIpc) is 2.36. The van der Waals surface area contributed by atoms with Gasteiger partial charge in [-0.05, 0) is 16.7 Å². The maximum Gasteiger partial charge on any atom is 0.167 e. The summed E-state index contributed by atoms with van der Waals surface area (Å²) in [7, 11) is 0. The van der Waals surface area contributed by atoms with Gasteiger partial charge in [0, 0.05) is 12.0 Å². The van der Waals surface area contributed by atoms with E-state index in [0.717, 1.165) is 22.3 Å². The normalized spacial score (nSPS) is 13.5. The first-order valence-corrected chi connectivity index (χ1v) is 5.73. The second-order valence-corrected chi connectivity index (χ2v) is 4.22. The second-order valence-electron chi connectivity index (χ2n) is 4.22. The van der Waals surface area contributed by atoms with Gasteiger partial charge < -0.3 is 0 Å². The van der Waals surface area contributed by atoms with Crippen LogP contribution >= 0.6 is 0 Å². The predicted molar refractivity (Wildman–Crippen MR) is 69.8 cm³/mol. The van der Waals surface area contributed by atoms with Crippen LogP contribution in [0.3, 0.4) is 0 Å². The minimum atomic E-state index is 0.192. The van der Waals surface area contributed by atoms with Gasteiger partial charge in [0.25, 0.3) is 0 Å². The van der Waals surface area contributed by atoms with E-state index in [1.807, 2.05) is 54.6 Å². The molecule has 0 radical (unpaired) electrons. The molecule has 2 aromatic carbocycles. The molecule has 0 spiro atoms. The summed E-state index contributed by atoms with van der Waals surface area (Å²) in [4.78, 5) is 12.2. The van der Waals surface area contributed by atoms with Crippen molar-refractivity contribution in [1.82, 2.24) is 0 Å². The van der Waals surface area contributed by atoms with Crippen LogP contribution in [0.1, 0.15) is 27.0 Å². The number of Topliss-reactive ketones (excluding diaryl/α,β-unsaturated/α-hetero) is 1. The van der Waals surface area contributed by atoms with Crippen molar-refractivity contribution in [3.63, 3.8) is 0 Å². The molecule has 0 fully saturated rings. The van der Waals surface area contributed by atoms with Crippen molar-refractivity contribution in [3.05, 3.63) is 70.8 Å². The lowest BCUT2D eigenvalue weighted by Gasteiger charge is -2.11. The van der Waals surface area contributed by atoms with Gasteiger partial charge in [0.15, 0.2) is 5.78 Å². The van der Waals surface area contributed by atoms with Crippen molar-refractivity contribution in [2.45, 2.75) is 6.42 Å². The van der Waals surface area contributed by atoms with Crippen molar-refractivity contribution in [3.8, 4) is 0 Å². The number of carbonyl (C=O) groups is 1. The SMILES string of the molecule is O=C1Cc2ccccc2C=Cc2ccccc21. The van der Waals surface area contributed by atoms with Crippen molar-refractivity contribution >= 4 is 17.9 Å². The van der Waals surface area contributed by atoms with E-state index in [0.29, 0.717) is 6.42 Å². The fourth-order valence-electron chi connectivity index (χ4n) is 2.20. The lowest BCUT2D eigenvalue weighted by Crippen LogP contribution is -2.08. The maximum atomic E-state index is 12.2. The van der Waals surface area contributed by atoms with E-state index in [1.165, 1.54) is 0 Å². The fourth-order valence-corrected chi connectivity index (χ4v) is 2.20.